The quantitative estimate of drug-likeness (QED) is 0.902. The molecule has 0 atom stereocenters. The Bertz CT molecular complexity index is 379. The van der Waals surface area contributed by atoms with Gasteiger partial charge in [0.2, 0.25) is 5.88 Å². The van der Waals surface area contributed by atoms with Gasteiger partial charge in [0.1, 0.15) is 17.5 Å². The number of hydrogen-bond acceptors (Lipinski definition) is 4. The largest absolute Gasteiger partial charge is 0.473 e. The number of ether oxygens (including phenoxy) is 1. The van der Waals surface area contributed by atoms with Crippen molar-refractivity contribution in [3.8, 4) is 5.88 Å². The Balaban J connectivity index is 2.03. The molecule has 0 aliphatic heterocycles. The van der Waals surface area contributed by atoms with Crippen molar-refractivity contribution < 1.29 is 9.84 Å². The second-order valence-corrected chi connectivity index (χ2v) is 4.72. The molecule has 0 amide bonds. The molecule has 1 N–H and O–H groups in total. The minimum atomic E-state index is -0.179. The van der Waals surface area contributed by atoms with Gasteiger partial charge in [-0.25, -0.2) is 9.97 Å². The highest BCUT2D eigenvalue weighted by Gasteiger charge is 2.22. The first-order chi connectivity index (χ1) is 8.20. The monoisotopic (exact) mass is 256 g/mol. The van der Waals surface area contributed by atoms with Gasteiger partial charge in [0.25, 0.3) is 0 Å². The number of halogens is 1. The van der Waals surface area contributed by atoms with Crippen molar-refractivity contribution in [2.75, 3.05) is 0 Å². The molecule has 5 heteroatoms. The molecular weight excluding hydrogens is 240 g/mol. The lowest BCUT2D eigenvalue weighted by atomic mass is 9.95. The number of aromatic nitrogens is 2. The normalized spacial score (nSPS) is 24.6. The summed E-state index contributed by atoms with van der Waals surface area (Å²) < 4.78 is 5.78. The van der Waals surface area contributed by atoms with Crippen LogP contribution in [0.3, 0.4) is 0 Å². The standard InChI is InChI=1S/C12H17ClN2O2/c1-2-10-11(13)12(15-7-14-10)17-9-5-3-8(16)4-6-9/h7-9,16H,2-6H2,1H3. The van der Waals surface area contributed by atoms with Gasteiger partial charge in [-0.05, 0) is 32.1 Å². The maximum atomic E-state index is 9.42. The molecule has 0 radical (unpaired) electrons. The number of rotatable bonds is 3. The molecule has 0 unspecified atom stereocenters. The van der Waals surface area contributed by atoms with Crippen LogP contribution >= 0.6 is 11.6 Å². The topological polar surface area (TPSA) is 55.2 Å². The zero-order valence-electron chi connectivity index (χ0n) is 9.90. The van der Waals surface area contributed by atoms with E-state index in [0.717, 1.165) is 37.8 Å². The van der Waals surface area contributed by atoms with Gasteiger partial charge in [-0.3, -0.25) is 0 Å². The highest BCUT2D eigenvalue weighted by atomic mass is 35.5. The molecule has 94 valence electrons. The van der Waals surface area contributed by atoms with Crippen molar-refractivity contribution in [2.45, 2.75) is 51.2 Å². The Labute approximate surface area is 106 Å². The fraction of sp³-hybridized carbons (Fsp3) is 0.667. The number of aryl methyl sites for hydroxylation is 1. The summed E-state index contributed by atoms with van der Waals surface area (Å²) in [5, 5.41) is 9.94. The van der Waals surface area contributed by atoms with E-state index >= 15 is 0 Å². The molecule has 17 heavy (non-hydrogen) atoms. The third-order valence-corrected chi connectivity index (χ3v) is 3.47. The average molecular weight is 257 g/mol. The molecule has 1 fully saturated rings. The van der Waals surface area contributed by atoms with Gasteiger partial charge in [-0.2, -0.15) is 0 Å². The molecule has 0 bridgehead atoms. The van der Waals surface area contributed by atoms with Crippen molar-refractivity contribution in [1.29, 1.82) is 0 Å². The van der Waals surface area contributed by atoms with Crippen LogP contribution in [0.1, 0.15) is 38.3 Å². The van der Waals surface area contributed by atoms with E-state index in [1.807, 2.05) is 6.92 Å². The molecule has 1 saturated carbocycles. The van der Waals surface area contributed by atoms with Gasteiger partial charge >= 0.3 is 0 Å². The van der Waals surface area contributed by atoms with Crippen LogP contribution in [0.2, 0.25) is 5.02 Å². The molecule has 0 aromatic carbocycles. The summed E-state index contributed by atoms with van der Waals surface area (Å²) in [6, 6.07) is 0. The first-order valence-corrected chi connectivity index (χ1v) is 6.42. The Morgan fingerprint density at radius 1 is 1.35 bits per heavy atom. The summed E-state index contributed by atoms with van der Waals surface area (Å²) in [7, 11) is 0. The molecule has 2 rings (SSSR count). The van der Waals surface area contributed by atoms with E-state index in [-0.39, 0.29) is 12.2 Å². The Morgan fingerprint density at radius 2 is 2.06 bits per heavy atom. The van der Waals surface area contributed by atoms with Crippen LogP contribution in [0, 0.1) is 0 Å². The maximum absolute atomic E-state index is 9.42. The summed E-state index contributed by atoms with van der Waals surface area (Å²) in [5.41, 5.74) is 0.813. The van der Waals surface area contributed by atoms with E-state index in [4.69, 9.17) is 16.3 Å². The zero-order chi connectivity index (χ0) is 12.3. The molecular formula is C12H17ClN2O2. The van der Waals surface area contributed by atoms with Gasteiger partial charge in [0.05, 0.1) is 11.8 Å². The molecule has 1 aromatic rings. The van der Waals surface area contributed by atoms with Crippen molar-refractivity contribution >= 4 is 11.6 Å². The van der Waals surface area contributed by atoms with Crippen molar-refractivity contribution in [2.24, 2.45) is 0 Å². The highest BCUT2D eigenvalue weighted by molar-refractivity contribution is 6.32. The van der Waals surface area contributed by atoms with Crippen LogP contribution in [0.15, 0.2) is 6.33 Å². The average Bonchev–Trinajstić information content (AvgIpc) is 2.35. The lowest BCUT2D eigenvalue weighted by Gasteiger charge is -2.26. The molecule has 1 aliphatic carbocycles. The molecule has 1 aromatic heterocycles. The summed E-state index contributed by atoms with van der Waals surface area (Å²) in [6.45, 7) is 1.99. The molecule has 1 heterocycles. The van der Waals surface area contributed by atoms with Gasteiger partial charge in [-0.15, -0.1) is 0 Å². The van der Waals surface area contributed by atoms with Gasteiger partial charge in [0.15, 0.2) is 0 Å². The Morgan fingerprint density at radius 3 is 2.71 bits per heavy atom. The van der Waals surface area contributed by atoms with Crippen molar-refractivity contribution in [3.63, 3.8) is 0 Å². The fourth-order valence-electron chi connectivity index (χ4n) is 2.04. The summed E-state index contributed by atoms with van der Waals surface area (Å²) >= 11 is 6.16. The minimum Gasteiger partial charge on any atom is -0.473 e. The third-order valence-electron chi connectivity index (χ3n) is 3.09. The minimum absolute atomic E-state index is 0.107. The first-order valence-electron chi connectivity index (χ1n) is 6.04. The second-order valence-electron chi connectivity index (χ2n) is 4.34. The van der Waals surface area contributed by atoms with E-state index in [9.17, 15) is 5.11 Å². The van der Waals surface area contributed by atoms with Crippen LogP contribution in [0.5, 0.6) is 5.88 Å². The van der Waals surface area contributed by atoms with E-state index < -0.39 is 0 Å². The number of aliphatic hydroxyl groups excluding tert-OH is 1. The number of aliphatic hydroxyl groups is 1. The smallest absolute Gasteiger partial charge is 0.236 e. The lowest BCUT2D eigenvalue weighted by Crippen LogP contribution is -2.27. The van der Waals surface area contributed by atoms with Crippen LogP contribution in [-0.4, -0.2) is 27.3 Å². The van der Waals surface area contributed by atoms with Crippen LogP contribution in [-0.2, 0) is 6.42 Å². The third kappa shape index (κ3) is 3.07. The molecule has 0 saturated heterocycles. The molecule has 0 spiro atoms. The Hall–Kier alpha value is -0.870. The van der Waals surface area contributed by atoms with E-state index in [1.165, 1.54) is 6.33 Å². The highest BCUT2D eigenvalue weighted by Crippen LogP contribution is 2.28. The first kappa shape index (κ1) is 12.6. The lowest BCUT2D eigenvalue weighted by molar-refractivity contribution is 0.0643. The summed E-state index contributed by atoms with van der Waals surface area (Å²) in [5.74, 6) is 0.472. The SMILES string of the molecule is CCc1ncnc(OC2CCC(O)CC2)c1Cl. The van der Waals surface area contributed by atoms with Crippen molar-refractivity contribution in [1.82, 2.24) is 9.97 Å². The van der Waals surface area contributed by atoms with Gasteiger partial charge in [0, 0.05) is 0 Å². The number of nitrogens with zero attached hydrogens (tertiary/aromatic N) is 2. The number of hydrogen-bond donors (Lipinski definition) is 1. The van der Waals surface area contributed by atoms with Crippen LogP contribution in [0.25, 0.3) is 0 Å². The van der Waals surface area contributed by atoms with E-state index in [1.54, 1.807) is 0 Å². The summed E-state index contributed by atoms with van der Waals surface area (Å²) in [6.07, 6.45) is 5.45. The van der Waals surface area contributed by atoms with Gasteiger partial charge < -0.3 is 9.84 Å². The predicted octanol–water partition coefficient (Wildman–Crippen LogP) is 2.37. The molecule has 4 nitrogen and oxygen atoms in total. The molecule has 1 aliphatic rings. The van der Waals surface area contributed by atoms with E-state index in [0.29, 0.717) is 10.9 Å². The van der Waals surface area contributed by atoms with E-state index in [2.05, 4.69) is 9.97 Å². The second kappa shape index (κ2) is 5.65. The Kier molecular flexibility index (Phi) is 4.18. The van der Waals surface area contributed by atoms with Crippen LogP contribution < -0.4 is 4.74 Å². The van der Waals surface area contributed by atoms with Gasteiger partial charge in [-0.1, -0.05) is 18.5 Å². The predicted molar refractivity (Wildman–Crippen MR) is 65.3 cm³/mol. The van der Waals surface area contributed by atoms with Crippen LogP contribution in [0.4, 0.5) is 0 Å². The van der Waals surface area contributed by atoms with Crippen molar-refractivity contribution in [3.05, 3.63) is 17.0 Å². The zero-order valence-corrected chi connectivity index (χ0v) is 10.7. The summed E-state index contributed by atoms with van der Waals surface area (Å²) in [4.78, 5) is 8.17. The maximum Gasteiger partial charge on any atom is 0.236 e. The fourth-order valence-corrected chi connectivity index (χ4v) is 2.31.